The van der Waals surface area contributed by atoms with Gasteiger partial charge in [0.15, 0.2) is 5.65 Å². The van der Waals surface area contributed by atoms with E-state index in [2.05, 4.69) is 32.1 Å². The Hall–Kier alpha value is -0.900. The van der Waals surface area contributed by atoms with Crippen molar-refractivity contribution >= 4 is 27.0 Å². The summed E-state index contributed by atoms with van der Waals surface area (Å²) < 4.78 is 2.85. The molecule has 2 aromatic rings. The van der Waals surface area contributed by atoms with Crippen LogP contribution < -0.4 is 0 Å². The van der Waals surface area contributed by atoms with E-state index in [1.54, 1.807) is 0 Å². The highest BCUT2D eigenvalue weighted by Gasteiger charge is 2.07. The Morgan fingerprint density at radius 1 is 1.31 bits per heavy atom. The molecule has 0 amide bonds. The van der Waals surface area contributed by atoms with Gasteiger partial charge in [-0.1, -0.05) is 0 Å². The van der Waals surface area contributed by atoms with Gasteiger partial charge in [-0.15, -0.1) is 0 Å². The van der Waals surface area contributed by atoms with Gasteiger partial charge in [-0.25, -0.2) is 4.98 Å². The molecule has 0 saturated carbocycles. The summed E-state index contributed by atoms with van der Waals surface area (Å²) in [4.78, 5) is 4.45. The van der Waals surface area contributed by atoms with Crippen LogP contribution >= 0.6 is 15.9 Å². The molecular formula is C9H10BrN3. The molecule has 2 rings (SSSR count). The third kappa shape index (κ3) is 1.25. The normalized spacial score (nSPS) is 11.1. The molecule has 0 unspecified atom stereocenters. The maximum absolute atomic E-state index is 4.45. The molecule has 0 bridgehead atoms. The number of nitrogens with zero attached hydrogens (tertiary/aromatic N) is 3. The molecule has 0 aliphatic carbocycles. The number of aromatic nitrogens is 3. The first-order valence-corrected chi connectivity index (χ1v) is 4.85. The fourth-order valence-corrected chi connectivity index (χ4v) is 1.72. The number of rotatable bonds is 0. The van der Waals surface area contributed by atoms with Crippen molar-refractivity contribution in [1.82, 2.24) is 14.8 Å². The predicted molar refractivity (Wildman–Crippen MR) is 55.7 cm³/mol. The van der Waals surface area contributed by atoms with Gasteiger partial charge in [0.1, 0.15) is 0 Å². The average molecular weight is 240 g/mol. The zero-order valence-electron chi connectivity index (χ0n) is 7.80. The van der Waals surface area contributed by atoms with Crippen LogP contribution in [0.3, 0.4) is 0 Å². The van der Waals surface area contributed by atoms with Crippen LogP contribution in [0.4, 0.5) is 0 Å². The summed E-state index contributed by atoms with van der Waals surface area (Å²) in [6.45, 7) is 3.97. The Labute approximate surface area is 84.9 Å². The van der Waals surface area contributed by atoms with Crippen molar-refractivity contribution < 1.29 is 0 Å². The third-order valence-corrected chi connectivity index (χ3v) is 2.93. The van der Waals surface area contributed by atoms with Gasteiger partial charge >= 0.3 is 0 Å². The summed E-state index contributed by atoms with van der Waals surface area (Å²) >= 11 is 3.46. The van der Waals surface area contributed by atoms with E-state index in [1.165, 1.54) is 0 Å². The molecule has 0 fully saturated rings. The van der Waals surface area contributed by atoms with Crippen LogP contribution in [0.2, 0.25) is 0 Å². The molecule has 0 radical (unpaired) electrons. The highest BCUT2D eigenvalue weighted by atomic mass is 79.9. The lowest BCUT2D eigenvalue weighted by Crippen LogP contribution is -1.93. The lowest BCUT2D eigenvalue weighted by Gasteiger charge is -1.98. The van der Waals surface area contributed by atoms with E-state index < -0.39 is 0 Å². The van der Waals surface area contributed by atoms with E-state index in [0.717, 1.165) is 26.9 Å². The van der Waals surface area contributed by atoms with Crippen molar-refractivity contribution in [2.45, 2.75) is 13.8 Å². The Morgan fingerprint density at radius 3 is 2.69 bits per heavy atom. The van der Waals surface area contributed by atoms with E-state index in [1.807, 2.05) is 25.6 Å². The number of pyridine rings is 1. The maximum atomic E-state index is 4.45. The highest BCUT2D eigenvalue weighted by molar-refractivity contribution is 9.10. The van der Waals surface area contributed by atoms with Crippen LogP contribution in [-0.2, 0) is 7.05 Å². The maximum Gasteiger partial charge on any atom is 0.158 e. The molecule has 2 aromatic heterocycles. The second-order valence-corrected chi connectivity index (χ2v) is 3.99. The van der Waals surface area contributed by atoms with Gasteiger partial charge in [-0.3, -0.25) is 4.68 Å². The van der Waals surface area contributed by atoms with Crippen LogP contribution in [0.1, 0.15) is 11.4 Å². The van der Waals surface area contributed by atoms with Crippen LogP contribution in [0.15, 0.2) is 10.5 Å². The Bertz CT molecular complexity index is 431. The molecule has 0 saturated heterocycles. The fraction of sp³-hybridized carbons (Fsp3) is 0.333. The number of hydrogen-bond donors (Lipinski definition) is 0. The second kappa shape index (κ2) is 2.80. The molecule has 68 valence electrons. The first kappa shape index (κ1) is 8.69. The topological polar surface area (TPSA) is 30.7 Å². The SMILES string of the molecule is Cc1nc2c(cc1Br)c(C)nn2C. The molecule has 0 aliphatic heterocycles. The minimum atomic E-state index is 0.943. The molecular weight excluding hydrogens is 230 g/mol. The van der Waals surface area contributed by atoms with Gasteiger partial charge in [0.25, 0.3) is 0 Å². The summed E-state index contributed by atoms with van der Waals surface area (Å²) in [5.41, 5.74) is 2.96. The molecule has 4 heteroatoms. The van der Waals surface area contributed by atoms with Gasteiger partial charge in [-0.05, 0) is 35.8 Å². The molecule has 2 heterocycles. The standard InChI is InChI=1S/C9H10BrN3/c1-5-7-4-8(10)6(2)11-9(7)13(3)12-5/h4H,1-3H3. The molecule has 0 aromatic carbocycles. The number of halogens is 1. The minimum absolute atomic E-state index is 0.943. The van der Waals surface area contributed by atoms with Crippen molar-refractivity contribution in [3.63, 3.8) is 0 Å². The molecule has 0 N–H and O–H groups in total. The highest BCUT2D eigenvalue weighted by Crippen LogP contribution is 2.22. The third-order valence-electron chi connectivity index (χ3n) is 2.13. The summed E-state index contributed by atoms with van der Waals surface area (Å²) in [5.74, 6) is 0. The molecule has 0 spiro atoms. The quantitative estimate of drug-likeness (QED) is 0.707. The number of fused-ring (bicyclic) bond motifs is 1. The molecule has 13 heavy (non-hydrogen) atoms. The summed E-state index contributed by atoms with van der Waals surface area (Å²) in [7, 11) is 1.91. The van der Waals surface area contributed by atoms with Crippen molar-refractivity contribution in [3.8, 4) is 0 Å². The van der Waals surface area contributed by atoms with E-state index in [4.69, 9.17) is 0 Å². The van der Waals surface area contributed by atoms with Gasteiger partial charge < -0.3 is 0 Å². The number of hydrogen-bond acceptors (Lipinski definition) is 2. The summed E-state index contributed by atoms with van der Waals surface area (Å²) in [6.07, 6.45) is 0. The number of aryl methyl sites for hydroxylation is 3. The lowest BCUT2D eigenvalue weighted by molar-refractivity contribution is 0.772. The molecule has 3 nitrogen and oxygen atoms in total. The van der Waals surface area contributed by atoms with Crippen molar-refractivity contribution in [3.05, 3.63) is 21.9 Å². The van der Waals surface area contributed by atoms with Gasteiger partial charge in [-0.2, -0.15) is 5.10 Å². The van der Waals surface area contributed by atoms with Crippen LogP contribution in [0.5, 0.6) is 0 Å². The first-order chi connectivity index (χ1) is 6.09. The molecule has 0 atom stereocenters. The van der Waals surface area contributed by atoms with Crippen molar-refractivity contribution in [1.29, 1.82) is 0 Å². The smallest absolute Gasteiger partial charge is 0.158 e. The summed E-state index contributed by atoms with van der Waals surface area (Å²) in [6, 6.07) is 2.07. The van der Waals surface area contributed by atoms with E-state index in [0.29, 0.717) is 0 Å². The van der Waals surface area contributed by atoms with Gasteiger partial charge in [0.05, 0.1) is 11.4 Å². The monoisotopic (exact) mass is 239 g/mol. The first-order valence-electron chi connectivity index (χ1n) is 4.06. The Balaban J connectivity index is 2.91. The largest absolute Gasteiger partial charge is 0.250 e. The second-order valence-electron chi connectivity index (χ2n) is 3.14. The Kier molecular flexibility index (Phi) is 1.87. The van der Waals surface area contributed by atoms with Gasteiger partial charge in [0.2, 0.25) is 0 Å². The zero-order chi connectivity index (χ0) is 9.59. The zero-order valence-corrected chi connectivity index (χ0v) is 9.38. The lowest BCUT2D eigenvalue weighted by atomic mass is 10.2. The van der Waals surface area contributed by atoms with Crippen LogP contribution in [-0.4, -0.2) is 14.8 Å². The van der Waals surface area contributed by atoms with Gasteiger partial charge in [0, 0.05) is 16.9 Å². The average Bonchev–Trinajstić information content (AvgIpc) is 2.31. The van der Waals surface area contributed by atoms with Crippen LogP contribution in [0, 0.1) is 13.8 Å². The predicted octanol–water partition coefficient (Wildman–Crippen LogP) is 2.35. The van der Waals surface area contributed by atoms with E-state index >= 15 is 0 Å². The molecule has 0 aliphatic rings. The van der Waals surface area contributed by atoms with E-state index in [9.17, 15) is 0 Å². The van der Waals surface area contributed by atoms with E-state index in [-0.39, 0.29) is 0 Å². The minimum Gasteiger partial charge on any atom is -0.250 e. The van der Waals surface area contributed by atoms with Crippen molar-refractivity contribution in [2.75, 3.05) is 0 Å². The van der Waals surface area contributed by atoms with Crippen molar-refractivity contribution in [2.24, 2.45) is 7.05 Å². The fourth-order valence-electron chi connectivity index (χ4n) is 1.41. The van der Waals surface area contributed by atoms with Crippen LogP contribution in [0.25, 0.3) is 11.0 Å². The Morgan fingerprint density at radius 2 is 2.00 bits per heavy atom. The summed E-state index contributed by atoms with van der Waals surface area (Å²) in [5, 5.41) is 5.42.